The van der Waals surface area contributed by atoms with E-state index in [-0.39, 0.29) is 5.41 Å². The Morgan fingerprint density at radius 2 is 1.90 bits per heavy atom. The topological polar surface area (TPSA) is 74.2 Å². The maximum Gasteiger partial charge on any atom is 0.234 e. The fourth-order valence-electron chi connectivity index (χ4n) is 3.39. The zero-order valence-corrected chi connectivity index (χ0v) is 12.3. The Morgan fingerprint density at radius 3 is 2.55 bits per heavy atom. The summed E-state index contributed by atoms with van der Waals surface area (Å²) >= 11 is 0. The lowest BCUT2D eigenvalue weighted by Crippen LogP contribution is -2.39. The van der Waals surface area contributed by atoms with Crippen LogP contribution in [0.1, 0.15) is 63.1 Å². The van der Waals surface area contributed by atoms with Crippen LogP contribution in [0.25, 0.3) is 0 Å². The van der Waals surface area contributed by atoms with E-state index in [1.807, 2.05) is 0 Å². The molecule has 1 saturated carbocycles. The monoisotopic (exact) mass is 279 g/mol. The highest BCUT2D eigenvalue weighted by Gasteiger charge is 2.40. The zero-order valence-electron chi connectivity index (χ0n) is 12.3. The predicted molar refractivity (Wildman–Crippen MR) is 75.5 cm³/mol. The van der Waals surface area contributed by atoms with Crippen molar-refractivity contribution in [2.24, 2.45) is 11.7 Å². The molecule has 2 aliphatic rings. The summed E-state index contributed by atoms with van der Waals surface area (Å²) in [5.74, 6) is 2.80. The Kier molecular flexibility index (Phi) is 4.08. The van der Waals surface area contributed by atoms with Crippen LogP contribution >= 0.6 is 0 Å². The third-order valence-electron chi connectivity index (χ3n) is 5.10. The van der Waals surface area contributed by atoms with Crippen LogP contribution in [0, 0.1) is 5.92 Å². The van der Waals surface area contributed by atoms with Gasteiger partial charge in [0.15, 0.2) is 5.82 Å². The molecule has 5 nitrogen and oxygen atoms in total. The van der Waals surface area contributed by atoms with Gasteiger partial charge < -0.3 is 15.0 Å². The van der Waals surface area contributed by atoms with Crippen molar-refractivity contribution in [2.45, 2.75) is 56.8 Å². The first-order chi connectivity index (χ1) is 9.73. The molecule has 1 saturated heterocycles. The fraction of sp³-hybridized carbons (Fsp3) is 0.867. The van der Waals surface area contributed by atoms with Gasteiger partial charge >= 0.3 is 0 Å². The summed E-state index contributed by atoms with van der Waals surface area (Å²) in [5.41, 5.74) is 5.98. The van der Waals surface area contributed by atoms with Crippen molar-refractivity contribution >= 4 is 0 Å². The highest BCUT2D eigenvalue weighted by atomic mass is 16.5. The summed E-state index contributed by atoms with van der Waals surface area (Å²) in [6, 6.07) is 0. The largest absolute Gasteiger partial charge is 0.381 e. The van der Waals surface area contributed by atoms with Gasteiger partial charge in [-0.15, -0.1) is 0 Å². The van der Waals surface area contributed by atoms with E-state index in [1.54, 1.807) is 0 Å². The van der Waals surface area contributed by atoms with Gasteiger partial charge in [-0.05, 0) is 44.4 Å². The second-order valence-electron chi connectivity index (χ2n) is 6.51. The molecule has 0 bridgehead atoms. The van der Waals surface area contributed by atoms with Gasteiger partial charge in [-0.3, -0.25) is 0 Å². The van der Waals surface area contributed by atoms with Gasteiger partial charge in [0.05, 0.1) is 5.41 Å². The second kappa shape index (κ2) is 5.82. The van der Waals surface area contributed by atoms with Crippen molar-refractivity contribution in [1.29, 1.82) is 0 Å². The standard InChI is InChI=1S/C15H25N3O2/c1-11-2-6-15(10-16,7-3-11)14-17-13(18-20-14)12-4-8-19-9-5-12/h11-12H,2-10,16H2,1H3. The molecule has 3 rings (SSSR count). The Labute approximate surface area is 120 Å². The molecule has 0 spiro atoms. The first-order valence-electron chi connectivity index (χ1n) is 7.85. The van der Waals surface area contributed by atoms with Crippen LogP contribution in [-0.4, -0.2) is 29.9 Å². The number of nitrogens with two attached hydrogens (primary N) is 1. The van der Waals surface area contributed by atoms with Gasteiger partial charge in [0.25, 0.3) is 0 Å². The molecule has 2 fully saturated rings. The summed E-state index contributed by atoms with van der Waals surface area (Å²) in [6.45, 7) is 4.51. The van der Waals surface area contributed by atoms with Crippen LogP contribution in [0.2, 0.25) is 0 Å². The highest BCUT2D eigenvalue weighted by molar-refractivity contribution is 5.10. The molecule has 0 amide bonds. The smallest absolute Gasteiger partial charge is 0.234 e. The average Bonchev–Trinajstić information content (AvgIpc) is 3.00. The summed E-state index contributed by atoms with van der Waals surface area (Å²) in [4.78, 5) is 4.71. The summed E-state index contributed by atoms with van der Waals surface area (Å²) in [6.07, 6.45) is 6.52. The molecule has 2 heterocycles. The molecule has 1 aliphatic carbocycles. The minimum absolute atomic E-state index is 0.0804. The van der Waals surface area contributed by atoms with Gasteiger partial charge in [0.1, 0.15) is 0 Å². The molecule has 20 heavy (non-hydrogen) atoms. The molecule has 1 aliphatic heterocycles. The van der Waals surface area contributed by atoms with Crippen LogP contribution in [0.3, 0.4) is 0 Å². The quantitative estimate of drug-likeness (QED) is 0.919. The molecule has 0 unspecified atom stereocenters. The van der Waals surface area contributed by atoms with Crippen LogP contribution in [-0.2, 0) is 10.2 Å². The molecule has 2 N–H and O–H groups in total. The fourth-order valence-corrected chi connectivity index (χ4v) is 3.39. The molecule has 0 aromatic carbocycles. The third-order valence-corrected chi connectivity index (χ3v) is 5.10. The summed E-state index contributed by atoms with van der Waals surface area (Å²) in [5, 5.41) is 4.23. The van der Waals surface area contributed by atoms with E-state index in [0.29, 0.717) is 12.5 Å². The second-order valence-corrected chi connectivity index (χ2v) is 6.51. The maximum absolute atomic E-state index is 6.06. The molecule has 0 atom stereocenters. The molecule has 5 heteroatoms. The van der Waals surface area contributed by atoms with Crippen molar-refractivity contribution in [3.63, 3.8) is 0 Å². The van der Waals surface area contributed by atoms with Crippen LogP contribution in [0.15, 0.2) is 4.52 Å². The predicted octanol–water partition coefficient (Wildman–Crippen LogP) is 2.37. The first kappa shape index (κ1) is 14.0. The molecular formula is C15H25N3O2. The van der Waals surface area contributed by atoms with Gasteiger partial charge in [0, 0.05) is 25.7 Å². The Morgan fingerprint density at radius 1 is 1.20 bits per heavy atom. The van der Waals surface area contributed by atoms with Crippen molar-refractivity contribution in [3.8, 4) is 0 Å². The Balaban J connectivity index is 1.77. The number of nitrogens with zero attached hydrogens (tertiary/aromatic N) is 2. The van der Waals surface area contributed by atoms with Crippen molar-refractivity contribution in [1.82, 2.24) is 10.1 Å². The van der Waals surface area contributed by atoms with E-state index in [0.717, 1.165) is 56.5 Å². The zero-order chi connectivity index (χ0) is 14.0. The minimum Gasteiger partial charge on any atom is -0.381 e. The lowest BCUT2D eigenvalue weighted by Gasteiger charge is -2.35. The highest BCUT2D eigenvalue weighted by Crippen LogP contribution is 2.40. The van der Waals surface area contributed by atoms with Crippen LogP contribution in [0.4, 0.5) is 0 Å². The van der Waals surface area contributed by atoms with E-state index in [9.17, 15) is 0 Å². The third kappa shape index (κ3) is 2.61. The molecule has 1 aromatic heterocycles. The number of hydrogen-bond donors (Lipinski definition) is 1. The molecular weight excluding hydrogens is 254 g/mol. The molecule has 1 aromatic rings. The van der Waals surface area contributed by atoms with Gasteiger partial charge in [-0.2, -0.15) is 4.98 Å². The van der Waals surface area contributed by atoms with Crippen LogP contribution in [0.5, 0.6) is 0 Å². The number of ether oxygens (including phenoxy) is 1. The van der Waals surface area contributed by atoms with E-state index in [1.165, 1.54) is 12.8 Å². The molecule has 112 valence electrons. The Bertz CT molecular complexity index is 432. The van der Waals surface area contributed by atoms with Gasteiger partial charge in [-0.25, -0.2) is 0 Å². The minimum atomic E-state index is -0.0804. The van der Waals surface area contributed by atoms with E-state index in [4.69, 9.17) is 20.0 Å². The molecule has 0 radical (unpaired) electrons. The summed E-state index contributed by atoms with van der Waals surface area (Å²) < 4.78 is 11.0. The lowest BCUT2D eigenvalue weighted by molar-refractivity contribution is 0.0830. The SMILES string of the molecule is CC1CCC(CN)(c2nc(C3CCOCC3)no2)CC1. The van der Waals surface area contributed by atoms with Crippen molar-refractivity contribution in [3.05, 3.63) is 11.7 Å². The number of rotatable bonds is 3. The number of hydrogen-bond acceptors (Lipinski definition) is 5. The normalized spacial score (nSPS) is 32.4. The van der Waals surface area contributed by atoms with E-state index < -0.39 is 0 Å². The summed E-state index contributed by atoms with van der Waals surface area (Å²) in [7, 11) is 0. The van der Waals surface area contributed by atoms with Crippen molar-refractivity contribution < 1.29 is 9.26 Å². The van der Waals surface area contributed by atoms with Crippen LogP contribution < -0.4 is 5.73 Å². The van der Waals surface area contributed by atoms with E-state index in [2.05, 4.69) is 12.1 Å². The van der Waals surface area contributed by atoms with E-state index >= 15 is 0 Å². The van der Waals surface area contributed by atoms with Gasteiger partial charge in [-0.1, -0.05) is 12.1 Å². The lowest BCUT2D eigenvalue weighted by atomic mass is 9.70. The number of aromatic nitrogens is 2. The average molecular weight is 279 g/mol. The van der Waals surface area contributed by atoms with Gasteiger partial charge in [0.2, 0.25) is 5.89 Å². The first-order valence-corrected chi connectivity index (χ1v) is 7.85. The maximum atomic E-state index is 6.06. The Hall–Kier alpha value is -0.940. The van der Waals surface area contributed by atoms with Crippen molar-refractivity contribution in [2.75, 3.05) is 19.8 Å².